The van der Waals surface area contributed by atoms with E-state index in [2.05, 4.69) is 5.32 Å². The Hall–Kier alpha value is -1.15. The Morgan fingerprint density at radius 3 is 2.52 bits per heavy atom. The summed E-state index contributed by atoms with van der Waals surface area (Å²) in [5.41, 5.74) is 0.353. The van der Waals surface area contributed by atoms with Crippen molar-refractivity contribution in [1.29, 1.82) is 0 Å². The molecule has 0 bridgehead atoms. The molecule has 0 aromatic heterocycles. The lowest BCUT2D eigenvalue weighted by Crippen LogP contribution is -2.40. The number of nitrogens with one attached hydrogen (secondary N) is 1. The summed E-state index contributed by atoms with van der Waals surface area (Å²) in [5, 5.41) is 3.15. The number of morpholine rings is 1. The molecule has 1 heterocycles. The van der Waals surface area contributed by atoms with Crippen LogP contribution in [-0.2, 0) is 19.6 Å². The van der Waals surface area contributed by atoms with Gasteiger partial charge in [-0.2, -0.15) is 4.31 Å². The molecule has 0 atom stereocenters. The van der Waals surface area contributed by atoms with Crippen molar-refractivity contribution in [3.63, 3.8) is 0 Å². The highest BCUT2D eigenvalue weighted by Gasteiger charge is 2.27. The summed E-state index contributed by atoms with van der Waals surface area (Å²) in [7, 11) is -3.62. The van der Waals surface area contributed by atoms with Crippen molar-refractivity contribution in [2.75, 3.05) is 31.6 Å². The molecule has 1 aromatic carbocycles. The van der Waals surface area contributed by atoms with Crippen LogP contribution in [0.2, 0.25) is 5.02 Å². The molecule has 25 heavy (non-hydrogen) atoms. The highest BCUT2D eigenvalue weighted by molar-refractivity contribution is 7.89. The SMILES string of the molecule is O=C(Nc1cc(S(=O)(=O)N2CCOCC2)ccc1Cl)C1CCCCC1. The Labute approximate surface area is 153 Å². The molecule has 8 heteroatoms. The van der Waals surface area contributed by atoms with Crippen LogP contribution in [0.3, 0.4) is 0 Å². The van der Waals surface area contributed by atoms with Gasteiger partial charge in [0.25, 0.3) is 0 Å². The molecule has 1 saturated heterocycles. The van der Waals surface area contributed by atoms with Crippen LogP contribution >= 0.6 is 11.6 Å². The van der Waals surface area contributed by atoms with Gasteiger partial charge in [-0.25, -0.2) is 8.42 Å². The van der Waals surface area contributed by atoms with Crippen LogP contribution in [0, 0.1) is 5.92 Å². The van der Waals surface area contributed by atoms with Crippen molar-refractivity contribution in [1.82, 2.24) is 4.31 Å². The number of halogens is 1. The zero-order chi connectivity index (χ0) is 17.9. The van der Waals surface area contributed by atoms with Crippen molar-refractivity contribution >= 4 is 33.2 Å². The van der Waals surface area contributed by atoms with E-state index in [1.807, 2.05) is 0 Å². The number of ether oxygens (including phenoxy) is 1. The maximum Gasteiger partial charge on any atom is 0.243 e. The summed E-state index contributed by atoms with van der Waals surface area (Å²) in [6.45, 7) is 1.43. The lowest BCUT2D eigenvalue weighted by atomic mass is 9.88. The average molecular weight is 387 g/mol. The van der Waals surface area contributed by atoms with Crippen LogP contribution in [0.1, 0.15) is 32.1 Å². The van der Waals surface area contributed by atoms with Crippen LogP contribution in [0.4, 0.5) is 5.69 Å². The van der Waals surface area contributed by atoms with Gasteiger partial charge in [0.1, 0.15) is 0 Å². The third kappa shape index (κ3) is 4.34. The quantitative estimate of drug-likeness (QED) is 0.863. The Bertz CT molecular complexity index is 726. The fraction of sp³-hybridized carbons (Fsp3) is 0.588. The van der Waals surface area contributed by atoms with Crippen LogP contribution in [0.25, 0.3) is 0 Å². The first-order valence-electron chi connectivity index (χ1n) is 8.67. The van der Waals surface area contributed by atoms with Gasteiger partial charge in [0, 0.05) is 19.0 Å². The van der Waals surface area contributed by atoms with E-state index in [0.29, 0.717) is 37.0 Å². The van der Waals surface area contributed by atoms with Crippen molar-refractivity contribution in [3.05, 3.63) is 23.2 Å². The molecule has 0 spiro atoms. The first-order valence-corrected chi connectivity index (χ1v) is 10.5. The normalized spacial score (nSPS) is 20.4. The lowest BCUT2D eigenvalue weighted by molar-refractivity contribution is -0.120. The number of carbonyl (C=O) groups excluding carboxylic acids is 1. The number of amides is 1. The van der Waals surface area contributed by atoms with Gasteiger partial charge in [0.2, 0.25) is 15.9 Å². The second kappa shape index (κ2) is 8.03. The van der Waals surface area contributed by atoms with Crippen molar-refractivity contribution in [2.24, 2.45) is 5.92 Å². The zero-order valence-electron chi connectivity index (χ0n) is 14.0. The summed E-state index contributed by atoms with van der Waals surface area (Å²) in [6.07, 6.45) is 5.01. The first kappa shape index (κ1) is 18.6. The van der Waals surface area contributed by atoms with Crippen molar-refractivity contribution in [2.45, 2.75) is 37.0 Å². The third-order valence-electron chi connectivity index (χ3n) is 4.78. The van der Waals surface area contributed by atoms with Crippen LogP contribution in [0.5, 0.6) is 0 Å². The second-order valence-corrected chi connectivity index (χ2v) is 8.83. The van der Waals surface area contributed by atoms with Crippen LogP contribution in [0.15, 0.2) is 23.1 Å². The van der Waals surface area contributed by atoms with E-state index in [1.165, 1.54) is 22.5 Å². The highest BCUT2D eigenvalue weighted by Crippen LogP contribution is 2.30. The average Bonchev–Trinajstić information content (AvgIpc) is 2.64. The van der Waals surface area contributed by atoms with Gasteiger partial charge in [0.15, 0.2) is 0 Å². The molecule has 138 valence electrons. The maximum absolute atomic E-state index is 12.8. The molecule has 2 fully saturated rings. The first-order chi connectivity index (χ1) is 12.0. The highest BCUT2D eigenvalue weighted by atomic mass is 35.5. The molecule has 0 radical (unpaired) electrons. The summed E-state index contributed by atoms with van der Waals surface area (Å²) >= 11 is 6.17. The van der Waals surface area contributed by atoms with Gasteiger partial charge in [-0.3, -0.25) is 4.79 Å². The van der Waals surface area contributed by atoms with Crippen molar-refractivity contribution in [3.8, 4) is 0 Å². The predicted octanol–water partition coefficient (Wildman–Crippen LogP) is 2.88. The number of hydrogen-bond acceptors (Lipinski definition) is 4. The Morgan fingerprint density at radius 2 is 1.84 bits per heavy atom. The molecular formula is C17H23ClN2O4S. The molecule has 1 N–H and O–H groups in total. The molecule has 1 aliphatic carbocycles. The summed E-state index contributed by atoms with van der Waals surface area (Å²) in [4.78, 5) is 12.6. The number of sulfonamides is 1. The van der Waals surface area contributed by atoms with Gasteiger partial charge in [0.05, 0.1) is 28.8 Å². The summed E-state index contributed by atoms with van der Waals surface area (Å²) in [5.74, 6) is -0.105. The zero-order valence-corrected chi connectivity index (χ0v) is 15.6. The second-order valence-electron chi connectivity index (χ2n) is 6.48. The largest absolute Gasteiger partial charge is 0.379 e. The minimum atomic E-state index is -3.62. The third-order valence-corrected chi connectivity index (χ3v) is 7.00. The van der Waals surface area contributed by atoms with E-state index in [4.69, 9.17) is 16.3 Å². The van der Waals surface area contributed by atoms with Gasteiger partial charge >= 0.3 is 0 Å². The molecule has 0 unspecified atom stereocenters. The predicted molar refractivity (Wildman–Crippen MR) is 96.2 cm³/mol. The smallest absolute Gasteiger partial charge is 0.243 e. The molecule has 6 nitrogen and oxygen atoms in total. The minimum absolute atomic E-state index is 0.0238. The molecule has 3 rings (SSSR count). The van der Waals surface area contributed by atoms with E-state index >= 15 is 0 Å². The van der Waals surface area contributed by atoms with E-state index in [-0.39, 0.29) is 16.7 Å². The maximum atomic E-state index is 12.8. The number of nitrogens with zero attached hydrogens (tertiary/aromatic N) is 1. The lowest BCUT2D eigenvalue weighted by Gasteiger charge is -2.26. The molecule has 1 saturated carbocycles. The van der Waals surface area contributed by atoms with E-state index in [9.17, 15) is 13.2 Å². The number of rotatable bonds is 4. The molecule has 1 amide bonds. The fourth-order valence-corrected chi connectivity index (χ4v) is 4.90. The Balaban J connectivity index is 1.79. The molecule has 1 aliphatic heterocycles. The number of carbonyl (C=O) groups is 1. The monoisotopic (exact) mass is 386 g/mol. The molecule has 2 aliphatic rings. The van der Waals surface area contributed by atoms with Crippen LogP contribution in [-0.4, -0.2) is 44.9 Å². The van der Waals surface area contributed by atoms with Crippen LogP contribution < -0.4 is 5.32 Å². The molecular weight excluding hydrogens is 364 g/mol. The Morgan fingerprint density at radius 1 is 1.16 bits per heavy atom. The number of benzene rings is 1. The number of hydrogen-bond donors (Lipinski definition) is 1. The van der Waals surface area contributed by atoms with Gasteiger partial charge < -0.3 is 10.1 Å². The topological polar surface area (TPSA) is 75.7 Å². The number of anilines is 1. The minimum Gasteiger partial charge on any atom is -0.379 e. The van der Waals surface area contributed by atoms with Gasteiger partial charge in [-0.15, -0.1) is 0 Å². The standard InChI is InChI=1S/C17H23ClN2O4S/c18-15-7-6-14(25(22,23)20-8-10-24-11-9-20)12-16(15)19-17(21)13-4-2-1-3-5-13/h6-7,12-13H,1-5,8-11H2,(H,19,21). The Kier molecular flexibility index (Phi) is 5.99. The van der Waals surface area contributed by atoms with E-state index in [0.717, 1.165) is 32.1 Å². The summed E-state index contributed by atoms with van der Waals surface area (Å²) in [6, 6.07) is 4.45. The van der Waals surface area contributed by atoms with E-state index < -0.39 is 10.0 Å². The van der Waals surface area contributed by atoms with Gasteiger partial charge in [-0.1, -0.05) is 30.9 Å². The van der Waals surface area contributed by atoms with E-state index in [1.54, 1.807) is 0 Å². The molecule has 1 aromatic rings. The van der Waals surface area contributed by atoms with Gasteiger partial charge in [-0.05, 0) is 31.0 Å². The fourth-order valence-electron chi connectivity index (χ4n) is 3.30. The summed E-state index contributed by atoms with van der Waals surface area (Å²) < 4.78 is 32.1. The van der Waals surface area contributed by atoms with Crippen molar-refractivity contribution < 1.29 is 17.9 Å².